The number of halogens is 6. The Hall–Kier alpha value is -2.56. The molecule has 0 atom stereocenters. The maximum absolute atomic E-state index is 13.2. The Balaban J connectivity index is 1.69. The first-order valence-corrected chi connectivity index (χ1v) is 9.20. The van der Waals surface area contributed by atoms with Gasteiger partial charge in [0.1, 0.15) is 5.82 Å². The van der Waals surface area contributed by atoms with E-state index < -0.39 is 23.6 Å². The van der Waals surface area contributed by atoms with Gasteiger partial charge < -0.3 is 9.80 Å². The monoisotopic (exact) mass is 433 g/mol. The third kappa shape index (κ3) is 5.32. The highest BCUT2D eigenvalue weighted by molar-refractivity contribution is 5.46. The van der Waals surface area contributed by atoms with Crippen molar-refractivity contribution in [2.24, 2.45) is 0 Å². The van der Waals surface area contributed by atoms with Gasteiger partial charge in [-0.25, -0.2) is 4.98 Å². The highest BCUT2D eigenvalue weighted by atomic mass is 19.4. The molecular weight excluding hydrogens is 412 g/mol. The van der Waals surface area contributed by atoms with E-state index in [1.807, 2.05) is 4.90 Å². The van der Waals surface area contributed by atoms with Crippen molar-refractivity contribution in [2.45, 2.75) is 18.9 Å². The summed E-state index contributed by atoms with van der Waals surface area (Å²) in [5, 5.41) is 0. The minimum atomic E-state index is -4.59. The molecule has 0 aliphatic carbocycles. The van der Waals surface area contributed by atoms with Gasteiger partial charge in [0, 0.05) is 52.9 Å². The van der Waals surface area contributed by atoms with E-state index in [1.54, 1.807) is 25.1 Å². The molecular formula is C19H21F6N5. The van der Waals surface area contributed by atoms with Gasteiger partial charge in [-0.2, -0.15) is 31.3 Å². The second-order valence-corrected chi connectivity index (χ2v) is 7.26. The smallest absolute Gasteiger partial charge is 0.363 e. The lowest BCUT2D eigenvalue weighted by molar-refractivity contribution is -0.141. The zero-order chi connectivity index (χ0) is 22.1. The van der Waals surface area contributed by atoms with Gasteiger partial charge in [-0.3, -0.25) is 4.90 Å². The van der Waals surface area contributed by atoms with E-state index >= 15 is 0 Å². The molecule has 1 aromatic heterocycles. The summed E-state index contributed by atoms with van der Waals surface area (Å²) in [7, 11) is 3.19. The van der Waals surface area contributed by atoms with E-state index in [1.165, 1.54) is 11.0 Å². The van der Waals surface area contributed by atoms with Gasteiger partial charge in [0.25, 0.3) is 0 Å². The predicted octanol–water partition coefficient (Wildman–Crippen LogP) is 3.90. The minimum Gasteiger partial charge on any atom is -0.363 e. The normalized spacial score (nSPS) is 16.1. The van der Waals surface area contributed by atoms with Crippen LogP contribution < -0.4 is 9.80 Å². The van der Waals surface area contributed by atoms with Gasteiger partial charge >= 0.3 is 12.4 Å². The number of aromatic nitrogens is 2. The fourth-order valence-corrected chi connectivity index (χ4v) is 3.15. The van der Waals surface area contributed by atoms with Gasteiger partial charge in [0.05, 0.1) is 5.56 Å². The summed E-state index contributed by atoms with van der Waals surface area (Å²) in [6, 6.07) is 6.03. The fourth-order valence-electron chi connectivity index (χ4n) is 3.15. The summed E-state index contributed by atoms with van der Waals surface area (Å²) in [6.07, 6.45) is -8.99. The summed E-state index contributed by atoms with van der Waals surface area (Å²) in [6.45, 7) is 1.99. The molecule has 0 saturated carbocycles. The van der Waals surface area contributed by atoms with Crippen LogP contribution in [-0.2, 0) is 18.9 Å². The number of nitrogens with zero attached hydrogens (tertiary/aromatic N) is 5. The minimum absolute atomic E-state index is 0.00718. The number of hydrogen-bond donors (Lipinski definition) is 0. The molecule has 0 unspecified atom stereocenters. The van der Waals surface area contributed by atoms with Crippen molar-refractivity contribution in [3.05, 3.63) is 47.2 Å². The maximum Gasteiger partial charge on any atom is 0.433 e. The van der Waals surface area contributed by atoms with E-state index in [0.29, 0.717) is 38.3 Å². The lowest BCUT2D eigenvalue weighted by Gasteiger charge is -2.35. The number of benzene rings is 1. The molecule has 0 radical (unpaired) electrons. The molecule has 0 spiro atoms. The van der Waals surface area contributed by atoms with Gasteiger partial charge in [-0.1, -0.05) is 18.2 Å². The van der Waals surface area contributed by atoms with Crippen LogP contribution in [0.3, 0.4) is 0 Å². The van der Waals surface area contributed by atoms with E-state index in [-0.39, 0.29) is 11.8 Å². The van der Waals surface area contributed by atoms with Gasteiger partial charge in [-0.05, 0) is 11.6 Å². The van der Waals surface area contributed by atoms with Crippen molar-refractivity contribution in [1.29, 1.82) is 0 Å². The molecule has 1 aliphatic heterocycles. The van der Waals surface area contributed by atoms with E-state index in [4.69, 9.17) is 0 Å². The second-order valence-electron chi connectivity index (χ2n) is 7.26. The topological polar surface area (TPSA) is 35.5 Å². The standard InChI is InChI=1S/C19H21F6N5/c1-28(2)16-11-15(19(23,24)25)26-17(27-16)30-8-6-29(7-9-30)12-13-4-3-5-14(10-13)18(20,21)22/h3-5,10-11H,6-9,12H2,1-2H3. The largest absolute Gasteiger partial charge is 0.433 e. The lowest BCUT2D eigenvalue weighted by Crippen LogP contribution is -2.46. The molecule has 1 aromatic carbocycles. The Kier molecular flexibility index (Phi) is 6.11. The SMILES string of the molecule is CN(C)c1cc(C(F)(F)F)nc(N2CCN(Cc3cccc(C(F)(F)F)c3)CC2)n1. The van der Waals surface area contributed by atoms with Crippen LogP contribution in [0.15, 0.2) is 30.3 Å². The van der Waals surface area contributed by atoms with Gasteiger partial charge in [0.15, 0.2) is 5.69 Å². The maximum atomic E-state index is 13.2. The summed E-state index contributed by atoms with van der Waals surface area (Å²) in [5.41, 5.74) is -1.18. The van der Waals surface area contributed by atoms with Crippen molar-refractivity contribution >= 4 is 11.8 Å². The molecule has 164 valence electrons. The van der Waals surface area contributed by atoms with Gasteiger partial charge in [-0.15, -0.1) is 0 Å². The molecule has 2 aromatic rings. The van der Waals surface area contributed by atoms with Crippen LogP contribution >= 0.6 is 0 Å². The molecule has 3 rings (SSSR count). The summed E-state index contributed by atoms with van der Waals surface area (Å²) in [4.78, 5) is 13.0. The molecule has 30 heavy (non-hydrogen) atoms. The highest BCUT2D eigenvalue weighted by Crippen LogP contribution is 2.32. The average Bonchev–Trinajstić information content (AvgIpc) is 2.67. The summed E-state index contributed by atoms with van der Waals surface area (Å²) < 4.78 is 78.2. The molecule has 0 bridgehead atoms. The molecule has 5 nitrogen and oxygen atoms in total. The third-order valence-electron chi connectivity index (χ3n) is 4.77. The van der Waals surface area contributed by atoms with Crippen molar-refractivity contribution in [1.82, 2.24) is 14.9 Å². The summed E-state index contributed by atoms with van der Waals surface area (Å²) in [5.74, 6) is 0.144. The van der Waals surface area contributed by atoms with Crippen molar-refractivity contribution in [3.63, 3.8) is 0 Å². The predicted molar refractivity (Wildman–Crippen MR) is 100 cm³/mol. The zero-order valence-corrected chi connectivity index (χ0v) is 16.4. The molecule has 1 saturated heterocycles. The second kappa shape index (κ2) is 8.29. The molecule has 0 amide bonds. The number of rotatable bonds is 4. The number of piperazine rings is 1. The molecule has 1 aliphatic rings. The Morgan fingerprint density at radius 3 is 2.13 bits per heavy atom. The zero-order valence-electron chi connectivity index (χ0n) is 16.4. The van der Waals surface area contributed by atoms with Crippen molar-refractivity contribution in [3.8, 4) is 0 Å². The number of alkyl halides is 6. The Bertz CT molecular complexity index is 872. The van der Waals surface area contributed by atoms with Crippen LogP contribution in [0.1, 0.15) is 16.8 Å². The molecule has 11 heteroatoms. The molecule has 2 heterocycles. The first-order chi connectivity index (χ1) is 13.9. The highest BCUT2D eigenvalue weighted by Gasteiger charge is 2.35. The summed E-state index contributed by atoms with van der Waals surface area (Å²) >= 11 is 0. The Labute approximate surface area is 169 Å². The van der Waals surface area contributed by atoms with Crippen LogP contribution in [0.25, 0.3) is 0 Å². The van der Waals surface area contributed by atoms with Crippen LogP contribution in [-0.4, -0.2) is 55.1 Å². The Morgan fingerprint density at radius 2 is 1.57 bits per heavy atom. The van der Waals surface area contributed by atoms with Crippen LogP contribution in [0.5, 0.6) is 0 Å². The average molecular weight is 433 g/mol. The third-order valence-corrected chi connectivity index (χ3v) is 4.77. The fraction of sp³-hybridized carbons (Fsp3) is 0.474. The van der Waals surface area contributed by atoms with Crippen LogP contribution in [0.4, 0.5) is 38.1 Å². The molecule has 0 N–H and O–H groups in total. The van der Waals surface area contributed by atoms with Crippen molar-refractivity contribution in [2.75, 3.05) is 50.1 Å². The van der Waals surface area contributed by atoms with Crippen molar-refractivity contribution < 1.29 is 26.3 Å². The first-order valence-electron chi connectivity index (χ1n) is 9.20. The quantitative estimate of drug-likeness (QED) is 0.684. The lowest BCUT2D eigenvalue weighted by atomic mass is 10.1. The van der Waals surface area contributed by atoms with E-state index in [0.717, 1.165) is 18.2 Å². The van der Waals surface area contributed by atoms with Crippen LogP contribution in [0, 0.1) is 0 Å². The Morgan fingerprint density at radius 1 is 0.900 bits per heavy atom. The van der Waals surface area contributed by atoms with Crippen LogP contribution in [0.2, 0.25) is 0 Å². The number of hydrogen-bond acceptors (Lipinski definition) is 5. The van der Waals surface area contributed by atoms with E-state index in [9.17, 15) is 26.3 Å². The first kappa shape index (κ1) is 22.1. The van der Waals surface area contributed by atoms with Gasteiger partial charge in [0.2, 0.25) is 5.95 Å². The van der Waals surface area contributed by atoms with E-state index in [2.05, 4.69) is 9.97 Å². The molecule has 1 fully saturated rings. The number of anilines is 2.